The van der Waals surface area contributed by atoms with E-state index in [0.29, 0.717) is 35.6 Å². The molecule has 0 saturated carbocycles. The fourth-order valence-electron chi connectivity index (χ4n) is 5.50. The molecule has 0 radical (unpaired) electrons. The van der Waals surface area contributed by atoms with Crippen molar-refractivity contribution < 1.29 is 13.6 Å². The molecule has 3 aromatic heterocycles. The van der Waals surface area contributed by atoms with E-state index < -0.39 is 11.8 Å². The first-order chi connectivity index (χ1) is 18.1. The van der Waals surface area contributed by atoms with Crippen LogP contribution in [0.3, 0.4) is 0 Å². The van der Waals surface area contributed by atoms with Gasteiger partial charge in [0, 0.05) is 17.7 Å². The van der Waals surface area contributed by atoms with Crippen LogP contribution < -0.4 is 5.73 Å². The molecular weight excluding hydrogens is 516 g/mol. The van der Waals surface area contributed by atoms with Gasteiger partial charge in [0.05, 0.1) is 34.2 Å². The van der Waals surface area contributed by atoms with Gasteiger partial charge < -0.3 is 15.6 Å². The Hall–Kier alpha value is -4.19. The van der Waals surface area contributed by atoms with E-state index in [2.05, 4.69) is 44.3 Å². The van der Waals surface area contributed by atoms with E-state index in [9.17, 15) is 9.18 Å². The molecule has 6 rings (SSSR count). The van der Waals surface area contributed by atoms with Gasteiger partial charge in [-0.3, -0.25) is 4.79 Å². The first kappa shape index (κ1) is 24.2. The van der Waals surface area contributed by atoms with E-state index in [4.69, 9.17) is 17.3 Å². The van der Waals surface area contributed by atoms with Crippen molar-refractivity contribution in [1.82, 2.24) is 40.1 Å². The van der Waals surface area contributed by atoms with Crippen LogP contribution in [0.15, 0.2) is 42.9 Å². The lowest BCUT2D eigenvalue weighted by Crippen LogP contribution is -2.43. The molecule has 2 aliphatic heterocycles. The number of tetrazole rings is 1. The number of hydrogen-bond acceptors (Lipinski definition) is 7. The highest BCUT2D eigenvalue weighted by atomic mass is 35.5. The van der Waals surface area contributed by atoms with E-state index in [-0.39, 0.29) is 45.4 Å². The average Bonchev–Trinajstić information content (AvgIpc) is 3.61. The maximum atomic E-state index is 15.4. The number of hydrogen-bond donors (Lipinski definition) is 2. The largest absolute Gasteiger partial charge is 0.384 e. The predicted octanol–water partition coefficient (Wildman–Crippen LogP) is 4.12. The average molecular weight is 538 g/mol. The van der Waals surface area contributed by atoms with E-state index in [1.54, 1.807) is 11.0 Å². The number of fused-ring (bicyclic) bond motifs is 1. The fourth-order valence-corrected chi connectivity index (χ4v) is 5.66. The Morgan fingerprint density at radius 3 is 2.76 bits per heavy atom. The summed E-state index contributed by atoms with van der Waals surface area (Å²) in [5, 5.41) is 11.1. The van der Waals surface area contributed by atoms with Crippen LogP contribution in [0.1, 0.15) is 44.1 Å². The van der Waals surface area contributed by atoms with Gasteiger partial charge in [0.2, 0.25) is 11.9 Å². The Balaban J connectivity index is 1.39. The summed E-state index contributed by atoms with van der Waals surface area (Å²) in [6, 6.07) is 5.43. The number of pyridine rings is 1. The van der Waals surface area contributed by atoms with Crippen molar-refractivity contribution in [2.45, 2.75) is 38.8 Å². The lowest BCUT2D eigenvalue weighted by atomic mass is 9.78. The number of carbonyl (C=O) groups is 1. The monoisotopic (exact) mass is 537 g/mol. The van der Waals surface area contributed by atoms with Crippen molar-refractivity contribution in [2.75, 3.05) is 5.73 Å². The van der Waals surface area contributed by atoms with Gasteiger partial charge in [0.15, 0.2) is 5.82 Å². The Bertz CT molecular complexity index is 1600. The summed E-state index contributed by atoms with van der Waals surface area (Å²) in [5.74, 6) is -1.04. The molecule has 13 heteroatoms. The SMILES string of the molecule is CC1(C)C[C@@H](c2ncc(-c3ccc(N)nc3F)[nH]2)N2C(=O)C=C(c3c(-n4cnnn4)ccc(Cl)c3F)C[C@H]21. The molecule has 2 aliphatic rings. The smallest absolute Gasteiger partial charge is 0.247 e. The standard InChI is InChI=1S/C25H22ClF2N9O/c1-25(2)9-17(24-30-10-15(32-24)13-3-6-19(29)33-23(13)28)37-18(25)7-12(8-20(37)38)21-16(36-11-31-34-35-36)5-4-14(26)22(21)27/h3-6,8,10-11,17-18H,7,9H2,1-2H3,(H2,29,33)(H,30,32)/t17-,18-/m0/s1. The molecule has 194 valence electrons. The van der Waals surface area contributed by atoms with Crippen molar-refractivity contribution in [3.63, 3.8) is 0 Å². The molecule has 1 amide bonds. The number of aromatic nitrogens is 7. The van der Waals surface area contributed by atoms with Crippen molar-refractivity contribution in [3.05, 3.63) is 71.0 Å². The zero-order valence-electron chi connectivity index (χ0n) is 20.4. The van der Waals surface area contributed by atoms with Crippen molar-refractivity contribution in [3.8, 4) is 16.9 Å². The maximum Gasteiger partial charge on any atom is 0.247 e. The predicted molar refractivity (Wildman–Crippen MR) is 135 cm³/mol. The maximum absolute atomic E-state index is 15.4. The van der Waals surface area contributed by atoms with Crippen LogP contribution in [-0.2, 0) is 4.79 Å². The van der Waals surface area contributed by atoms with Gasteiger partial charge in [-0.2, -0.15) is 9.07 Å². The Morgan fingerprint density at radius 1 is 1.21 bits per heavy atom. The minimum absolute atomic E-state index is 0.0660. The van der Waals surface area contributed by atoms with Gasteiger partial charge in [0.1, 0.15) is 18.0 Å². The zero-order valence-corrected chi connectivity index (χ0v) is 21.1. The van der Waals surface area contributed by atoms with E-state index in [1.807, 2.05) is 0 Å². The van der Waals surface area contributed by atoms with Gasteiger partial charge in [-0.05, 0) is 58.5 Å². The third kappa shape index (κ3) is 3.83. The molecule has 1 aromatic carbocycles. The third-order valence-electron chi connectivity index (χ3n) is 7.32. The van der Waals surface area contributed by atoms with Crippen LogP contribution in [0, 0.1) is 17.2 Å². The van der Waals surface area contributed by atoms with Crippen LogP contribution in [0.25, 0.3) is 22.5 Å². The van der Waals surface area contributed by atoms with Crippen LogP contribution in [0.2, 0.25) is 5.02 Å². The number of halogens is 3. The van der Waals surface area contributed by atoms with Crippen LogP contribution in [0.4, 0.5) is 14.6 Å². The molecule has 10 nitrogen and oxygen atoms in total. The molecule has 1 saturated heterocycles. The summed E-state index contributed by atoms with van der Waals surface area (Å²) in [4.78, 5) is 26.7. The first-order valence-corrected chi connectivity index (χ1v) is 12.2. The second-order valence-corrected chi connectivity index (χ2v) is 10.5. The fraction of sp³-hybridized carbons (Fsp3) is 0.280. The molecule has 0 unspecified atom stereocenters. The van der Waals surface area contributed by atoms with Crippen molar-refractivity contribution >= 4 is 28.9 Å². The summed E-state index contributed by atoms with van der Waals surface area (Å²) in [5.41, 5.74) is 6.95. The molecule has 4 aromatic rings. The summed E-state index contributed by atoms with van der Waals surface area (Å²) >= 11 is 6.14. The lowest BCUT2D eigenvalue weighted by Gasteiger charge is -2.37. The highest BCUT2D eigenvalue weighted by molar-refractivity contribution is 6.31. The Labute approximate surface area is 220 Å². The van der Waals surface area contributed by atoms with Gasteiger partial charge in [0.25, 0.3) is 0 Å². The highest BCUT2D eigenvalue weighted by Crippen LogP contribution is 2.52. The van der Waals surface area contributed by atoms with Gasteiger partial charge in [-0.25, -0.2) is 14.4 Å². The molecule has 5 heterocycles. The highest BCUT2D eigenvalue weighted by Gasteiger charge is 2.51. The molecule has 0 spiro atoms. The number of H-pyrrole nitrogens is 1. The first-order valence-electron chi connectivity index (χ1n) is 11.9. The summed E-state index contributed by atoms with van der Waals surface area (Å²) in [7, 11) is 0. The van der Waals surface area contributed by atoms with Gasteiger partial charge in [-0.15, -0.1) is 5.10 Å². The molecule has 3 N–H and O–H groups in total. The van der Waals surface area contributed by atoms with Crippen LogP contribution in [-0.4, -0.2) is 52.0 Å². The number of aromatic amines is 1. The van der Waals surface area contributed by atoms with Crippen molar-refractivity contribution in [1.29, 1.82) is 0 Å². The Morgan fingerprint density at radius 2 is 2.03 bits per heavy atom. The van der Waals surface area contributed by atoms with E-state index in [0.717, 1.165) is 0 Å². The molecule has 1 fully saturated rings. The number of nitrogens with one attached hydrogen (secondary N) is 1. The molecule has 2 atom stereocenters. The third-order valence-corrected chi connectivity index (χ3v) is 7.61. The zero-order chi connectivity index (χ0) is 26.8. The minimum atomic E-state index is -0.714. The summed E-state index contributed by atoms with van der Waals surface area (Å²) in [6.07, 6.45) is 5.28. The number of anilines is 1. The molecule has 0 aliphatic carbocycles. The summed E-state index contributed by atoms with van der Waals surface area (Å²) < 4.78 is 31.2. The second-order valence-electron chi connectivity index (χ2n) is 10.1. The summed E-state index contributed by atoms with van der Waals surface area (Å²) in [6.45, 7) is 4.12. The van der Waals surface area contributed by atoms with E-state index in [1.165, 1.54) is 41.5 Å². The molecular formula is C25H22ClF2N9O. The van der Waals surface area contributed by atoms with Crippen LogP contribution >= 0.6 is 11.6 Å². The minimum Gasteiger partial charge on any atom is -0.384 e. The number of amides is 1. The molecule has 38 heavy (non-hydrogen) atoms. The van der Waals surface area contributed by atoms with E-state index >= 15 is 4.39 Å². The van der Waals surface area contributed by atoms with Gasteiger partial charge in [-0.1, -0.05) is 25.4 Å². The van der Waals surface area contributed by atoms with Crippen molar-refractivity contribution in [2.24, 2.45) is 5.41 Å². The van der Waals surface area contributed by atoms with Gasteiger partial charge >= 0.3 is 0 Å². The lowest BCUT2D eigenvalue weighted by molar-refractivity contribution is -0.130. The quantitative estimate of drug-likeness (QED) is 0.374. The van der Waals surface area contributed by atoms with Crippen LogP contribution in [0.5, 0.6) is 0 Å². The Kier molecular flexibility index (Phi) is 5.53. The topological polar surface area (TPSA) is 132 Å². The molecule has 0 bridgehead atoms. The number of rotatable bonds is 4. The number of imidazole rings is 1. The number of carbonyl (C=O) groups excluding carboxylic acids is 1. The number of nitrogens with zero attached hydrogens (tertiary/aromatic N) is 7. The normalized spacial score (nSPS) is 20.5. The number of nitrogens with two attached hydrogens (primary N) is 1. The number of benzene rings is 1. The second kappa shape index (κ2) is 8.69. The number of nitrogen functional groups attached to an aromatic ring is 1.